The Morgan fingerprint density at radius 3 is 2.60 bits per heavy atom. The lowest BCUT2D eigenvalue weighted by Gasteiger charge is -2.30. The summed E-state index contributed by atoms with van der Waals surface area (Å²) in [4.78, 5) is 6.84. The highest BCUT2D eigenvalue weighted by Gasteiger charge is 2.21. The Kier molecular flexibility index (Phi) is 6.62. The Morgan fingerprint density at radius 1 is 1.35 bits per heavy atom. The average molecular weight is 282 g/mol. The van der Waals surface area contributed by atoms with Gasteiger partial charge in [-0.1, -0.05) is 39.8 Å². The summed E-state index contributed by atoms with van der Waals surface area (Å²) >= 11 is 0. The van der Waals surface area contributed by atoms with E-state index in [9.17, 15) is 0 Å². The van der Waals surface area contributed by atoms with E-state index in [2.05, 4.69) is 49.7 Å². The van der Waals surface area contributed by atoms with Crippen LogP contribution in [0.3, 0.4) is 0 Å². The second-order valence-corrected chi connectivity index (χ2v) is 6.78. The molecule has 116 valence electrons. The Hall–Kier alpha value is -0.940. The largest absolute Gasteiger partial charge is 0.339 e. The van der Waals surface area contributed by atoms with Crippen molar-refractivity contribution in [3.8, 4) is 0 Å². The molecule has 0 saturated heterocycles. The second kappa shape index (κ2) is 7.74. The van der Waals surface area contributed by atoms with Crippen LogP contribution in [0.4, 0.5) is 0 Å². The molecule has 0 spiro atoms. The van der Waals surface area contributed by atoms with Crippen molar-refractivity contribution in [1.82, 2.24) is 15.0 Å². The lowest BCUT2D eigenvalue weighted by atomic mass is 9.93. The van der Waals surface area contributed by atoms with Crippen molar-refractivity contribution in [1.29, 1.82) is 0 Å². The number of aromatic nitrogens is 2. The van der Waals surface area contributed by atoms with Gasteiger partial charge in [-0.3, -0.25) is 4.90 Å². The number of hydrogen-bond acceptors (Lipinski definition) is 5. The molecule has 0 aliphatic heterocycles. The van der Waals surface area contributed by atoms with Crippen LogP contribution < -0.4 is 5.73 Å². The average Bonchev–Trinajstić information content (AvgIpc) is 2.75. The summed E-state index contributed by atoms with van der Waals surface area (Å²) in [5.41, 5.74) is 5.94. The molecule has 1 heterocycles. The van der Waals surface area contributed by atoms with Crippen molar-refractivity contribution >= 4 is 0 Å². The van der Waals surface area contributed by atoms with E-state index in [4.69, 9.17) is 10.3 Å². The Labute approximate surface area is 122 Å². The highest BCUT2D eigenvalue weighted by molar-refractivity contribution is 4.88. The quantitative estimate of drug-likeness (QED) is 0.753. The van der Waals surface area contributed by atoms with Gasteiger partial charge in [0.05, 0.1) is 6.54 Å². The van der Waals surface area contributed by atoms with Crippen molar-refractivity contribution in [3.05, 3.63) is 11.7 Å². The minimum Gasteiger partial charge on any atom is -0.339 e. The Morgan fingerprint density at radius 2 is 2.05 bits per heavy atom. The predicted molar refractivity (Wildman–Crippen MR) is 81.2 cm³/mol. The maximum atomic E-state index is 5.83. The van der Waals surface area contributed by atoms with Crippen LogP contribution in [0.2, 0.25) is 0 Å². The normalized spacial score (nSPS) is 12.6. The van der Waals surface area contributed by atoms with Crippen molar-refractivity contribution in [3.63, 3.8) is 0 Å². The fraction of sp³-hybridized carbons (Fsp3) is 0.867. The zero-order valence-electron chi connectivity index (χ0n) is 13.6. The van der Waals surface area contributed by atoms with E-state index in [0.29, 0.717) is 12.5 Å². The summed E-state index contributed by atoms with van der Waals surface area (Å²) in [6.45, 7) is 14.3. The van der Waals surface area contributed by atoms with Crippen LogP contribution in [-0.2, 0) is 13.0 Å². The molecule has 1 aromatic heterocycles. The molecule has 5 heteroatoms. The molecule has 0 aliphatic rings. The van der Waals surface area contributed by atoms with Gasteiger partial charge in [0.2, 0.25) is 5.89 Å². The van der Waals surface area contributed by atoms with Crippen LogP contribution in [0.15, 0.2) is 4.52 Å². The molecule has 0 aromatic carbocycles. The van der Waals surface area contributed by atoms with Crippen molar-refractivity contribution in [2.75, 3.05) is 19.6 Å². The lowest BCUT2D eigenvalue weighted by Crippen LogP contribution is -2.39. The van der Waals surface area contributed by atoms with E-state index in [1.807, 2.05) is 0 Å². The molecule has 1 aromatic rings. The van der Waals surface area contributed by atoms with Gasteiger partial charge in [0.1, 0.15) is 0 Å². The SMILES string of the molecule is CCCN(Cc1noc(CC(C)C)n1)CC(C)(C)CN. The minimum atomic E-state index is 0.111. The summed E-state index contributed by atoms with van der Waals surface area (Å²) < 4.78 is 5.30. The molecule has 0 unspecified atom stereocenters. The molecular formula is C15H30N4O. The first-order valence-corrected chi connectivity index (χ1v) is 7.60. The fourth-order valence-corrected chi connectivity index (χ4v) is 2.19. The van der Waals surface area contributed by atoms with Gasteiger partial charge in [0.25, 0.3) is 0 Å². The van der Waals surface area contributed by atoms with E-state index in [0.717, 1.165) is 44.2 Å². The van der Waals surface area contributed by atoms with Crippen molar-refractivity contribution < 1.29 is 4.52 Å². The molecule has 0 atom stereocenters. The first-order chi connectivity index (χ1) is 9.36. The third-order valence-corrected chi connectivity index (χ3v) is 3.20. The molecule has 5 nitrogen and oxygen atoms in total. The molecule has 0 amide bonds. The molecule has 0 aliphatic carbocycles. The smallest absolute Gasteiger partial charge is 0.226 e. The van der Waals surface area contributed by atoms with Crippen molar-refractivity contribution in [2.45, 2.75) is 54.0 Å². The molecule has 0 fully saturated rings. The van der Waals surface area contributed by atoms with E-state index in [1.54, 1.807) is 0 Å². The monoisotopic (exact) mass is 282 g/mol. The molecule has 2 N–H and O–H groups in total. The number of nitrogens with two attached hydrogens (primary N) is 1. The van der Waals surface area contributed by atoms with Crippen LogP contribution in [0, 0.1) is 11.3 Å². The van der Waals surface area contributed by atoms with Gasteiger partial charge in [0, 0.05) is 13.0 Å². The minimum absolute atomic E-state index is 0.111. The lowest BCUT2D eigenvalue weighted by molar-refractivity contribution is 0.171. The van der Waals surface area contributed by atoms with Crippen LogP contribution in [0.5, 0.6) is 0 Å². The standard InChI is InChI=1S/C15H30N4O/c1-6-7-19(11-15(4,5)10-16)9-13-17-14(20-18-13)8-12(2)3/h12H,6-11,16H2,1-5H3. The first kappa shape index (κ1) is 17.1. The summed E-state index contributed by atoms with van der Waals surface area (Å²) in [6, 6.07) is 0. The Balaban J connectivity index is 2.63. The van der Waals surface area contributed by atoms with E-state index in [-0.39, 0.29) is 5.41 Å². The van der Waals surface area contributed by atoms with Gasteiger partial charge in [-0.2, -0.15) is 4.98 Å². The van der Waals surface area contributed by atoms with Crippen LogP contribution in [0.1, 0.15) is 52.8 Å². The molecular weight excluding hydrogens is 252 g/mol. The predicted octanol–water partition coefficient (Wildman–Crippen LogP) is 2.46. The number of nitrogens with zero attached hydrogens (tertiary/aromatic N) is 3. The van der Waals surface area contributed by atoms with Crippen molar-refractivity contribution in [2.24, 2.45) is 17.1 Å². The first-order valence-electron chi connectivity index (χ1n) is 7.60. The van der Waals surface area contributed by atoms with Crippen LogP contribution >= 0.6 is 0 Å². The summed E-state index contributed by atoms with van der Waals surface area (Å²) in [5, 5.41) is 4.09. The summed E-state index contributed by atoms with van der Waals surface area (Å²) in [5.74, 6) is 2.05. The number of hydrogen-bond donors (Lipinski definition) is 1. The number of rotatable bonds is 9. The molecule has 0 radical (unpaired) electrons. The summed E-state index contributed by atoms with van der Waals surface area (Å²) in [6.07, 6.45) is 1.95. The maximum absolute atomic E-state index is 5.83. The van der Waals surface area contributed by atoms with Gasteiger partial charge in [-0.05, 0) is 30.8 Å². The van der Waals surface area contributed by atoms with Gasteiger partial charge in [-0.25, -0.2) is 0 Å². The highest BCUT2D eigenvalue weighted by Crippen LogP contribution is 2.17. The molecule has 0 saturated carbocycles. The third-order valence-electron chi connectivity index (χ3n) is 3.20. The van der Waals surface area contributed by atoms with Crippen LogP contribution in [0.25, 0.3) is 0 Å². The van der Waals surface area contributed by atoms with Gasteiger partial charge in [-0.15, -0.1) is 0 Å². The Bertz CT molecular complexity index is 387. The van der Waals surface area contributed by atoms with Gasteiger partial charge < -0.3 is 10.3 Å². The third kappa shape index (κ3) is 6.01. The zero-order chi connectivity index (χ0) is 15.2. The van der Waals surface area contributed by atoms with E-state index < -0.39 is 0 Å². The zero-order valence-corrected chi connectivity index (χ0v) is 13.6. The molecule has 1 rings (SSSR count). The van der Waals surface area contributed by atoms with E-state index >= 15 is 0 Å². The van der Waals surface area contributed by atoms with Gasteiger partial charge >= 0.3 is 0 Å². The topological polar surface area (TPSA) is 68.2 Å². The maximum Gasteiger partial charge on any atom is 0.226 e. The fourth-order valence-electron chi connectivity index (χ4n) is 2.19. The van der Waals surface area contributed by atoms with Crippen LogP contribution in [-0.4, -0.2) is 34.7 Å². The summed E-state index contributed by atoms with van der Waals surface area (Å²) in [7, 11) is 0. The van der Waals surface area contributed by atoms with Gasteiger partial charge in [0.15, 0.2) is 5.82 Å². The molecule has 20 heavy (non-hydrogen) atoms. The second-order valence-electron chi connectivity index (χ2n) is 6.78. The molecule has 0 bridgehead atoms. The highest BCUT2D eigenvalue weighted by atomic mass is 16.5. The van der Waals surface area contributed by atoms with E-state index in [1.165, 1.54) is 0 Å².